The Kier molecular flexibility index (Phi) is 5.65. The predicted molar refractivity (Wildman–Crippen MR) is 103 cm³/mol. The molecule has 2 rings (SSSR count). The number of aromatic nitrogens is 2. The van der Waals surface area contributed by atoms with Gasteiger partial charge in [-0.25, -0.2) is 9.97 Å². The Balaban J connectivity index is 1.98. The van der Waals surface area contributed by atoms with Gasteiger partial charge in [0.2, 0.25) is 0 Å². The van der Waals surface area contributed by atoms with E-state index in [-0.39, 0.29) is 18.6 Å². The second-order valence-electron chi connectivity index (χ2n) is 9.56. The molecule has 0 radical (unpaired) electrons. The van der Waals surface area contributed by atoms with Crippen molar-refractivity contribution >= 4 is 18.6 Å². The lowest BCUT2D eigenvalue weighted by Gasteiger charge is -2.32. The van der Waals surface area contributed by atoms with Crippen LogP contribution in [0.25, 0.3) is 0 Å². The maximum absolute atomic E-state index is 12.3. The first-order valence-electron chi connectivity index (χ1n) is 9.17. The highest BCUT2D eigenvalue weighted by molar-refractivity contribution is 6.61. The van der Waals surface area contributed by atoms with Crippen molar-refractivity contribution in [3.63, 3.8) is 0 Å². The summed E-state index contributed by atoms with van der Waals surface area (Å²) >= 11 is 0. The zero-order chi connectivity index (χ0) is 20.7. The maximum Gasteiger partial charge on any atom is 0.498 e. The number of nitrogens with zero attached hydrogens (tertiary/aromatic N) is 2. The van der Waals surface area contributed by atoms with Gasteiger partial charge in [0.15, 0.2) is 0 Å². The number of rotatable bonds is 5. The van der Waals surface area contributed by atoms with Crippen molar-refractivity contribution in [3.05, 3.63) is 12.4 Å². The molecule has 150 valence electrons. The van der Waals surface area contributed by atoms with Crippen molar-refractivity contribution in [2.75, 3.05) is 6.61 Å². The molecule has 1 aliphatic heterocycles. The predicted octanol–water partition coefficient (Wildman–Crippen LogP) is 2.52. The molecule has 0 aromatic carbocycles. The Labute approximate surface area is 162 Å². The van der Waals surface area contributed by atoms with E-state index in [0.29, 0.717) is 5.46 Å². The lowest BCUT2D eigenvalue weighted by Crippen LogP contribution is -2.41. The molecule has 0 aliphatic carbocycles. The van der Waals surface area contributed by atoms with Crippen LogP contribution in [0.3, 0.4) is 0 Å². The van der Waals surface area contributed by atoms with Gasteiger partial charge >= 0.3 is 19.1 Å². The molecule has 0 amide bonds. The average molecular weight is 378 g/mol. The third kappa shape index (κ3) is 5.20. The van der Waals surface area contributed by atoms with E-state index >= 15 is 0 Å². The molecule has 1 saturated heterocycles. The van der Waals surface area contributed by atoms with E-state index in [4.69, 9.17) is 18.8 Å². The molecular formula is C19H31BN2O5. The summed E-state index contributed by atoms with van der Waals surface area (Å²) < 4.78 is 23.0. The second kappa shape index (κ2) is 7.06. The second-order valence-corrected chi connectivity index (χ2v) is 9.56. The highest BCUT2D eigenvalue weighted by atomic mass is 16.7. The van der Waals surface area contributed by atoms with E-state index < -0.39 is 29.3 Å². The van der Waals surface area contributed by atoms with Crippen molar-refractivity contribution in [3.8, 4) is 6.01 Å². The summed E-state index contributed by atoms with van der Waals surface area (Å²) in [6.45, 7) is 17.1. The van der Waals surface area contributed by atoms with Crippen LogP contribution in [-0.4, -0.2) is 46.5 Å². The van der Waals surface area contributed by atoms with E-state index in [0.717, 1.165) is 0 Å². The van der Waals surface area contributed by atoms with Crippen LogP contribution < -0.4 is 10.2 Å². The maximum atomic E-state index is 12.3. The smallest absolute Gasteiger partial charge is 0.462 e. The first-order valence-corrected chi connectivity index (χ1v) is 9.17. The van der Waals surface area contributed by atoms with Gasteiger partial charge in [-0.3, -0.25) is 4.79 Å². The fourth-order valence-electron chi connectivity index (χ4n) is 2.22. The van der Waals surface area contributed by atoms with Gasteiger partial charge in [-0.2, -0.15) is 0 Å². The van der Waals surface area contributed by atoms with Crippen LogP contribution >= 0.6 is 0 Å². The first kappa shape index (κ1) is 21.6. The zero-order valence-electron chi connectivity index (χ0n) is 17.9. The average Bonchev–Trinajstić information content (AvgIpc) is 2.72. The Morgan fingerprint density at radius 1 is 1.04 bits per heavy atom. The van der Waals surface area contributed by atoms with Crippen LogP contribution in [0.4, 0.5) is 0 Å². The van der Waals surface area contributed by atoms with Gasteiger partial charge < -0.3 is 18.8 Å². The summed E-state index contributed by atoms with van der Waals surface area (Å²) in [7, 11) is -0.526. The monoisotopic (exact) mass is 378 g/mol. The molecule has 1 fully saturated rings. The molecule has 0 unspecified atom stereocenters. The van der Waals surface area contributed by atoms with Crippen LogP contribution in [0.15, 0.2) is 12.4 Å². The van der Waals surface area contributed by atoms with Gasteiger partial charge in [-0.1, -0.05) is 0 Å². The van der Waals surface area contributed by atoms with Crippen LogP contribution in [0.2, 0.25) is 0 Å². The lowest BCUT2D eigenvalue weighted by molar-refractivity contribution is -0.167. The molecule has 8 heteroatoms. The standard InChI is InChI=1S/C19H31BN2O5/c1-16(2,3)25-14(23)17(4,5)12-24-15-21-10-13(11-22-15)20-26-18(6,7)19(8,9)27-20/h10-11H,12H2,1-9H3. The van der Waals surface area contributed by atoms with Gasteiger partial charge in [0.1, 0.15) is 12.2 Å². The Morgan fingerprint density at radius 3 is 1.96 bits per heavy atom. The van der Waals surface area contributed by atoms with Gasteiger partial charge in [-0.15, -0.1) is 0 Å². The number of carbonyl (C=O) groups excluding carboxylic acids is 1. The fourth-order valence-corrected chi connectivity index (χ4v) is 2.22. The van der Waals surface area contributed by atoms with E-state index in [2.05, 4.69) is 9.97 Å². The highest BCUT2D eigenvalue weighted by Crippen LogP contribution is 2.36. The quantitative estimate of drug-likeness (QED) is 0.575. The number of hydrogen-bond donors (Lipinski definition) is 0. The van der Waals surface area contributed by atoms with Crippen molar-refractivity contribution in [1.29, 1.82) is 0 Å². The molecule has 0 N–H and O–H groups in total. The van der Waals surface area contributed by atoms with Gasteiger partial charge in [-0.05, 0) is 62.3 Å². The minimum absolute atomic E-state index is 0.109. The third-order valence-corrected chi connectivity index (χ3v) is 4.69. The third-order valence-electron chi connectivity index (χ3n) is 4.69. The number of carbonyl (C=O) groups is 1. The molecule has 0 bridgehead atoms. The highest BCUT2D eigenvalue weighted by Gasteiger charge is 2.52. The minimum Gasteiger partial charge on any atom is -0.462 e. The van der Waals surface area contributed by atoms with Crippen molar-refractivity contribution in [2.24, 2.45) is 5.41 Å². The topological polar surface area (TPSA) is 79.8 Å². The molecule has 1 aromatic heterocycles. The van der Waals surface area contributed by atoms with E-state index in [1.165, 1.54) is 0 Å². The van der Waals surface area contributed by atoms with Crippen LogP contribution in [0.1, 0.15) is 62.3 Å². The normalized spacial score (nSPS) is 19.1. The summed E-state index contributed by atoms with van der Waals surface area (Å²) in [6, 6.07) is 0.187. The first-order chi connectivity index (χ1) is 12.1. The van der Waals surface area contributed by atoms with E-state index in [9.17, 15) is 4.79 Å². The van der Waals surface area contributed by atoms with Crippen LogP contribution in [0, 0.1) is 5.41 Å². The number of hydrogen-bond acceptors (Lipinski definition) is 7. The van der Waals surface area contributed by atoms with E-state index in [1.54, 1.807) is 26.2 Å². The molecule has 7 nitrogen and oxygen atoms in total. The van der Waals surface area contributed by atoms with Crippen molar-refractivity contribution in [1.82, 2.24) is 9.97 Å². The van der Waals surface area contributed by atoms with E-state index in [1.807, 2.05) is 48.5 Å². The van der Waals surface area contributed by atoms with Gasteiger partial charge in [0.05, 0.1) is 16.6 Å². The summed E-state index contributed by atoms with van der Waals surface area (Å²) in [4.78, 5) is 20.7. The summed E-state index contributed by atoms with van der Waals surface area (Å²) in [5.74, 6) is -0.330. The molecular weight excluding hydrogens is 347 g/mol. The Morgan fingerprint density at radius 2 is 1.52 bits per heavy atom. The summed E-state index contributed by atoms with van der Waals surface area (Å²) in [5, 5.41) is 0. The summed E-state index contributed by atoms with van der Waals surface area (Å²) in [6.07, 6.45) is 3.23. The van der Waals surface area contributed by atoms with Crippen LogP contribution in [0.5, 0.6) is 6.01 Å². The fraction of sp³-hybridized carbons (Fsp3) is 0.737. The molecule has 0 spiro atoms. The lowest BCUT2D eigenvalue weighted by atomic mass is 9.81. The molecule has 0 saturated carbocycles. The molecule has 1 aromatic rings. The Hall–Kier alpha value is -1.67. The van der Waals surface area contributed by atoms with Gasteiger partial charge in [0.25, 0.3) is 0 Å². The SMILES string of the molecule is CC(C)(C)OC(=O)C(C)(C)COc1ncc(B2OC(C)(C)C(C)(C)O2)cn1. The van der Waals surface area contributed by atoms with Crippen molar-refractivity contribution < 1.29 is 23.6 Å². The molecule has 2 heterocycles. The molecule has 27 heavy (non-hydrogen) atoms. The Bertz CT molecular complexity index is 664. The van der Waals surface area contributed by atoms with Gasteiger partial charge in [0, 0.05) is 17.9 Å². The molecule has 1 aliphatic rings. The zero-order valence-corrected chi connectivity index (χ0v) is 17.9. The summed E-state index contributed by atoms with van der Waals surface area (Å²) in [5.41, 5.74) is -1.50. The largest absolute Gasteiger partial charge is 0.498 e. The number of esters is 1. The minimum atomic E-state index is -0.818. The number of ether oxygens (including phenoxy) is 2. The van der Waals surface area contributed by atoms with Crippen molar-refractivity contribution in [2.45, 2.75) is 79.1 Å². The molecule has 0 atom stereocenters. The van der Waals surface area contributed by atoms with Crippen LogP contribution in [-0.2, 0) is 18.8 Å².